The number of rotatable bonds is 5. The number of nitrogens with zero attached hydrogens (tertiary/aromatic N) is 1. The molecular formula is C21H23ClN2O3S. The van der Waals surface area contributed by atoms with Crippen molar-refractivity contribution in [3.63, 3.8) is 0 Å². The molecule has 0 heterocycles. The van der Waals surface area contributed by atoms with Crippen LogP contribution in [0.25, 0.3) is 0 Å². The number of sulfonamides is 1. The van der Waals surface area contributed by atoms with Gasteiger partial charge in [0.2, 0.25) is 0 Å². The maximum Gasteiger partial charge on any atom is 0.264 e. The number of carbonyl (C=O) groups excluding carboxylic acids is 1. The third-order valence-electron chi connectivity index (χ3n) is 6.02. The van der Waals surface area contributed by atoms with Crippen LogP contribution in [-0.2, 0) is 10.0 Å². The summed E-state index contributed by atoms with van der Waals surface area (Å²) in [6, 6.07) is 13.2. The van der Waals surface area contributed by atoms with Gasteiger partial charge in [0.25, 0.3) is 15.9 Å². The lowest BCUT2D eigenvalue weighted by atomic mass is 9.95. The molecule has 3 atom stereocenters. The lowest BCUT2D eigenvalue weighted by molar-refractivity contribution is 0.0923. The number of fused-ring (bicyclic) bond motifs is 2. The topological polar surface area (TPSA) is 66.5 Å². The Morgan fingerprint density at radius 1 is 1.11 bits per heavy atom. The first-order chi connectivity index (χ1) is 13.4. The van der Waals surface area contributed by atoms with Crippen LogP contribution in [0.5, 0.6) is 0 Å². The monoisotopic (exact) mass is 418 g/mol. The average Bonchev–Trinajstić information content (AvgIpc) is 3.31. The number of carbonyl (C=O) groups is 1. The summed E-state index contributed by atoms with van der Waals surface area (Å²) in [6.07, 6.45) is 4.71. The molecule has 2 aromatic carbocycles. The Labute approximate surface area is 170 Å². The van der Waals surface area contributed by atoms with Gasteiger partial charge in [-0.3, -0.25) is 9.10 Å². The lowest BCUT2D eigenvalue weighted by Gasteiger charge is -2.23. The third kappa shape index (κ3) is 3.51. The summed E-state index contributed by atoms with van der Waals surface area (Å²) < 4.78 is 26.7. The Morgan fingerprint density at radius 2 is 1.86 bits per heavy atom. The normalized spacial score (nSPS) is 23.6. The van der Waals surface area contributed by atoms with Crippen LogP contribution in [0, 0.1) is 11.8 Å². The first-order valence-electron chi connectivity index (χ1n) is 9.50. The average molecular weight is 419 g/mol. The van der Waals surface area contributed by atoms with Crippen LogP contribution in [0.15, 0.2) is 53.4 Å². The summed E-state index contributed by atoms with van der Waals surface area (Å²) in [5, 5.41) is 3.36. The second-order valence-electron chi connectivity index (χ2n) is 7.70. The zero-order chi connectivity index (χ0) is 19.9. The highest BCUT2D eigenvalue weighted by molar-refractivity contribution is 7.92. The van der Waals surface area contributed by atoms with Gasteiger partial charge in [-0.1, -0.05) is 36.2 Å². The molecule has 0 aliphatic heterocycles. The zero-order valence-corrected chi connectivity index (χ0v) is 17.2. The molecule has 1 amide bonds. The fourth-order valence-electron chi connectivity index (χ4n) is 4.44. The molecule has 1 N–H and O–H groups in total. The summed E-state index contributed by atoms with van der Waals surface area (Å²) in [4.78, 5) is 12.9. The fraction of sp³-hybridized carbons (Fsp3) is 0.381. The van der Waals surface area contributed by atoms with Gasteiger partial charge in [-0.25, -0.2) is 8.42 Å². The highest BCUT2D eigenvalue weighted by Crippen LogP contribution is 2.44. The van der Waals surface area contributed by atoms with Gasteiger partial charge in [0, 0.05) is 13.1 Å². The van der Waals surface area contributed by atoms with Crippen molar-refractivity contribution in [2.24, 2.45) is 11.8 Å². The van der Waals surface area contributed by atoms with Crippen molar-refractivity contribution in [1.82, 2.24) is 5.32 Å². The van der Waals surface area contributed by atoms with E-state index in [9.17, 15) is 13.2 Å². The van der Waals surface area contributed by atoms with E-state index in [1.807, 2.05) is 0 Å². The zero-order valence-electron chi connectivity index (χ0n) is 15.6. The van der Waals surface area contributed by atoms with Crippen LogP contribution < -0.4 is 9.62 Å². The molecule has 2 aromatic rings. The van der Waals surface area contributed by atoms with E-state index in [2.05, 4.69) is 5.32 Å². The number of hydrogen-bond acceptors (Lipinski definition) is 3. The first kappa shape index (κ1) is 19.3. The standard InChI is InChI=1S/C21H23ClN2O3S/c1-24(28(26,27)17-5-3-2-4-6-17)16-9-10-18(19(22)13-16)21(25)23-20-12-14-7-8-15(20)11-14/h2-6,9-10,13-15,20H,7-8,11-12H2,1H3,(H,23,25)/t14-,15-,20-/m0/s1. The number of anilines is 1. The molecule has 0 saturated heterocycles. The number of amides is 1. The second-order valence-corrected chi connectivity index (χ2v) is 10.1. The minimum absolute atomic E-state index is 0.192. The van der Waals surface area contributed by atoms with Gasteiger partial charge in [0.05, 0.1) is 21.2 Å². The molecule has 2 fully saturated rings. The summed E-state index contributed by atoms with van der Waals surface area (Å²) >= 11 is 6.35. The molecule has 0 spiro atoms. The van der Waals surface area contributed by atoms with Crippen molar-refractivity contribution in [3.05, 3.63) is 59.1 Å². The smallest absolute Gasteiger partial charge is 0.264 e. The maximum absolute atomic E-state index is 12.8. The number of benzene rings is 2. The summed E-state index contributed by atoms with van der Waals surface area (Å²) in [5.41, 5.74) is 0.782. The summed E-state index contributed by atoms with van der Waals surface area (Å²) in [5.74, 6) is 1.13. The number of nitrogens with one attached hydrogen (secondary N) is 1. The molecule has 7 heteroatoms. The van der Waals surface area contributed by atoms with Gasteiger partial charge >= 0.3 is 0 Å². The van der Waals surface area contributed by atoms with Crippen molar-refractivity contribution >= 4 is 33.2 Å². The van der Waals surface area contributed by atoms with E-state index < -0.39 is 10.0 Å². The van der Waals surface area contributed by atoms with E-state index >= 15 is 0 Å². The maximum atomic E-state index is 12.8. The van der Waals surface area contributed by atoms with E-state index in [4.69, 9.17) is 11.6 Å². The van der Waals surface area contributed by atoms with Crippen LogP contribution in [0.2, 0.25) is 5.02 Å². The Hall–Kier alpha value is -2.05. The third-order valence-corrected chi connectivity index (χ3v) is 8.13. The van der Waals surface area contributed by atoms with Crippen LogP contribution in [-0.4, -0.2) is 27.4 Å². The molecule has 2 aliphatic rings. The Morgan fingerprint density at radius 3 is 2.46 bits per heavy atom. The molecule has 4 rings (SSSR count). The second kappa shape index (κ2) is 7.41. The van der Waals surface area contributed by atoms with Gasteiger partial charge in [0.15, 0.2) is 0 Å². The molecule has 148 valence electrons. The quantitative estimate of drug-likeness (QED) is 0.795. The minimum Gasteiger partial charge on any atom is -0.349 e. The fourth-order valence-corrected chi connectivity index (χ4v) is 5.91. The Kier molecular flexibility index (Phi) is 5.10. The van der Waals surface area contributed by atoms with Crippen molar-refractivity contribution in [2.75, 3.05) is 11.4 Å². The van der Waals surface area contributed by atoms with Crippen LogP contribution in [0.1, 0.15) is 36.0 Å². The Bertz CT molecular complexity index is 994. The molecule has 0 radical (unpaired) electrons. The molecule has 2 bridgehead atoms. The van der Waals surface area contributed by atoms with E-state index in [-0.39, 0.29) is 21.9 Å². The molecular weight excluding hydrogens is 396 g/mol. The van der Waals surface area contributed by atoms with Crippen molar-refractivity contribution in [1.29, 1.82) is 0 Å². The van der Waals surface area contributed by atoms with Crippen LogP contribution in [0.4, 0.5) is 5.69 Å². The van der Waals surface area contributed by atoms with Gasteiger partial charge in [-0.15, -0.1) is 0 Å². The molecule has 28 heavy (non-hydrogen) atoms. The molecule has 2 saturated carbocycles. The van der Waals surface area contributed by atoms with Gasteiger partial charge < -0.3 is 5.32 Å². The highest BCUT2D eigenvalue weighted by Gasteiger charge is 2.40. The van der Waals surface area contributed by atoms with E-state index in [0.717, 1.165) is 12.3 Å². The van der Waals surface area contributed by atoms with Gasteiger partial charge in [-0.2, -0.15) is 0 Å². The summed E-state index contributed by atoms with van der Waals surface area (Å²) in [6.45, 7) is 0. The SMILES string of the molecule is CN(c1ccc(C(=O)N[C@H]2C[C@H]3CC[C@H]2C3)c(Cl)c1)S(=O)(=O)c1ccccc1. The number of halogens is 1. The lowest BCUT2D eigenvalue weighted by Crippen LogP contribution is -2.38. The first-order valence-corrected chi connectivity index (χ1v) is 11.3. The molecule has 0 aromatic heterocycles. The van der Waals surface area contributed by atoms with E-state index in [0.29, 0.717) is 17.2 Å². The predicted octanol–water partition coefficient (Wildman–Crippen LogP) is 4.08. The van der Waals surface area contributed by atoms with Gasteiger partial charge in [-0.05, 0) is 61.4 Å². The van der Waals surface area contributed by atoms with Crippen molar-refractivity contribution in [2.45, 2.75) is 36.6 Å². The number of hydrogen-bond donors (Lipinski definition) is 1. The highest BCUT2D eigenvalue weighted by atomic mass is 35.5. The predicted molar refractivity (Wildman–Crippen MR) is 110 cm³/mol. The molecule has 2 aliphatic carbocycles. The van der Waals surface area contributed by atoms with Crippen molar-refractivity contribution in [3.8, 4) is 0 Å². The molecule has 5 nitrogen and oxygen atoms in total. The van der Waals surface area contributed by atoms with Crippen LogP contribution in [0.3, 0.4) is 0 Å². The molecule has 0 unspecified atom stereocenters. The van der Waals surface area contributed by atoms with Crippen molar-refractivity contribution < 1.29 is 13.2 Å². The summed E-state index contributed by atoms with van der Waals surface area (Å²) in [7, 11) is -2.22. The largest absolute Gasteiger partial charge is 0.349 e. The van der Waals surface area contributed by atoms with E-state index in [1.54, 1.807) is 42.5 Å². The van der Waals surface area contributed by atoms with E-state index in [1.165, 1.54) is 36.7 Å². The Balaban J connectivity index is 1.52. The minimum atomic E-state index is -3.69. The van der Waals surface area contributed by atoms with Crippen LogP contribution >= 0.6 is 11.6 Å². The van der Waals surface area contributed by atoms with Gasteiger partial charge in [0.1, 0.15) is 0 Å².